The van der Waals surface area contributed by atoms with Crippen molar-refractivity contribution in [2.24, 2.45) is 17.6 Å². The number of ether oxygens (including phenoxy) is 9. The van der Waals surface area contributed by atoms with Gasteiger partial charge >= 0.3 is 30.1 Å². The first kappa shape index (κ1) is 91.4. The van der Waals surface area contributed by atoms with Gasteiger partial charge in [-0.25, -0.2) is 9.59 Å². The van der Waals surface area contributed by atoms with Crippen molar-refractivity contribution in [2.45, 2.75) is 163 Å². The van der Waals surface area contributed by atoms with Crippen molar-refractivity contribution >= 4 is 88.5 Å². The van der Waals surface area contributed by atoms with Crippen molar-refractivity contribution < 1.29 is 149 Å². The van der Waals surface area contributed by atoms with E-state index >= 15 is 24.0 Å². The van der Waals surface area contributed by atoms with Gasteiger partial charge in [-0.1, -0.05) is 93.2 Å². The molecule has 0 saturated carbocycles. The fourth-order valence-electron chi connectivity index (χ4n) is 14.0. The summed E-state index contributed by atoms with van der Waals surface area (Å²) >= 11 is 14.3. The number of phenols is 3. The van der Waals surface area contributed by atoms with E-state index in [1.165, 1.54) is 26.0 Å². The molecule has 121 heavy (non-hydrogen) atoms. The maximum atomic E-state index is 16.3. The smallest absolute Gasteiger partial charge is 0.471 e. The summed E-state index contributed by atoms with van der Waals surface area (Å²) in [7, 11) is 0. The molecule has 18 N–H and O–H groups in total. The molecule has 2 fully saturated rings. The van der Waals surface area contributed by atoms with Crippen LogP contribution in [0.15, 0.2) is 117 Å². The van der Waals surface area contributed by atoms with Crippen LogP contribution < -0.4 is 62.5 Å². The lowest BCUT2D eigenvalue weighted by Crippen LogP contribution is -2.66. The van der Waals surface area contributed by atoms with Gasteiger partial charge in [-0.05, 0) is 103 Å². The fraction of sp³-hybridized carbons (Fsp3) is 0.405. The van der Waals surface area contributed by atoms with Crippen LogP contribution >= 0.6 is 23.2 Å². The number of benzene rings is 5. The molecule has 42 heteroatoms. The molecule has 5 aromatic carbocycles. The minimum absolute atomic E-state index is 0.0473. The van der Waals surface area contributed by atoms with Crippen molar-refractivity contribution in [1.82, 2.24) is 42.5 Å². The van der Waals surface area contributed by atoms with Crippen molar-refractivity contribution in [3.63, 3.8) is 0 Å². The number of hydrogen-bond donors (Lipinski definition) is 17. The predicted octanol–water partition coefficient (Wildman–Crippen LogP) is 3.54. The SMILES string of the molecule is C=CCOC(=O)C[C@@H](CC(C)C)C(=O)N[C@H]1C(=O)N[C@@H](CC(N)=O)C(=O)N[C@H]2C(=O)NC3C(=O)N[C@H](C(=O)N[C@@H](C(=O)OCC=C)c4cc(O)cc(O)c4-c4cc3ccc4O)[C@H](O)c3ccc(c(Cl)c3)Oc3cc2cc(c3OC2OC(CNC(=O)C(F)(F)F)C(O)C(O)C2OC2CC(C)(NC(=O)OCC=C)C(O)C(C)O2)Oc2ccc(cc2Cl)[C@H]1O. The molecule has 0 spiro atoms. The van der Waals surface area contributed by atoms with Crippen molar-refractivity contribution in [2.75, 3.05) is 26.4 Å². The van der Waals surface area contributed by atoms with E-state index in [4.69, 9.17) is 71.6 Å². The molecule has 2 saturated heterocycles. The maximum Gasteiger partial charge on any atom is 0.471 e. The Morgan fingerprint density at radius 2 is 1.28 bits per heavy atom. The van der Waals surface area contributed by atoms with Crippen LogP contribution in [0.25, 0.3) is 11.1 Å². The van der Waals surface area contributed by atoms with Gasteiger partial charge in [0.1, 0.15) is 115 Å². The van der Waals surface area contributed by atoms with Crippen LogP contribution in [0.5, 0.6) is 46.0 Å². The first-order valence-electron chi connectivity index (χ1n) is 37.2. The molecule has 650 valence electrons. The molecule has 7 aliphatic rings. The van der Waals surface area contributed by atoms with Crippen molar-refractivity contribution in [3.05, 3.63) is 155 Å². The highest BCUT2D eigenvalue weighted by Gasteiger charge is 2.54. The molecule has 18 atom stereocenters. The van der Waals surface area contributed by atoms with Crippen LogP contribution in [0.4, 0.5) is 18.0 Å². The molecular weight excluding hydrogens is 1650 g/mol. The third-order valence-electron chi connectivity index (χ3n) is 19.9. The molecule has 7 aliphatic heterocycles. The van der Waals surface area contributed by atoms with Crippen LogP contribution in [0.2, 0.25) is 10.0 Å². The average Bonchev–Trinajstić information content (AvgIpc) is 0.766. The molecule has 37 nitrogen and oxygen atoms in total. The van der Waals surface area contributed by atoms with Gasteiger partial charge in [-0.2, -0.15) is 13.2 Å². The number of aliphatic hydroxyl groups excluding tert-OH is 5. The third-order valence-corrected chi connectivity index (χ3v) is 20.4. The highest BCUT2D eigenvalue weighted by atomic mass is 35.5. The molecule has 0 radical (unpaired) electrons. The molecule has 12 rings (SSSR count). The number of amides is 9. The second-order valence-electron chi connectivity index (χ2n) is 29.3. The summed E-state index contributed by atoms with van der Waals surface area (Å²) in [6, 6.07) is -1.38. The highest BCUT2D eigenvalue weighted by Crippen LogP contribution is 2.50. The van der Waals surface area contributed by atoms with E-state index in [-0.39, 0.29) is 36.7 Å². The van der Waals surface area contributed by atoms with Gasteiger partial charge in [-0.15, -0.1) is 0 Å². The molecule has 5 aromatic rings. The first-order chi connectivity index (χ1) is 57.1. The van der Waals surface area contributed by atoms with Crippen LogP contribution in [0, 0.1) is 11.8 Å². The van der Waals surface area contributed by atoms with Crippen LogP contribution in [-0.4, -0.2) is 212 Å². The standard InChI is InChI=1S/C79H86Cl2F3N9O28/c1-8-17-113-53(98)26-38(20-32(4)5)68(104)91-59-61(99)35-12-15-47(42(80)22-35)117-49-24-37-25-50(65(49)121-75-66(64(102)63(101)51(119-75)31-86-76(111)79(82,83)84)120-54-30-78(7,67(103)33(6)116-54)93-77(112)115-19-10-3)118-48-16-13-36(23-43(48)81)62(100)60-73(109)90-58(74(110)114-18-9-2)41-27-39(94)28-46(96)55(41)40-21-34(11-14-45(40)95)56(70(106)92-60)89-71(107)57(37)88-69(105)44(29-52(85)97)87-72(59)108/h8-16,21-25,27-28,32-33,38,44,51,54,56-64,66-67,75,94-96,99-103H,1-3,17-20,26,29-31H2,4-7H3,(H2,85,97)(H,86,111)(H,87,108)(H,88,105)(H,89,107)(H,90,109)(H,91,104)(H,92,106)(H,93,112)/t33?,38-,44+,51?,54?,56?,57-,58-,59-,60+,61-,62-,63?,64?,66?,67?,75?,78?/m1/s1. The number of carbonyl (C=O) groups excluding carboxylic acids is 11. The Kier molecular flexibility index (Phi) is 29.2. The highest BCUT2D eigenvalue weighted by molar-refractivity contribution is 6.32. The molecule has 0 aliphatic carbocycles. The number of alkyl halides is 3. The summed E-state index contributed by atoms with van der Waals surface area (Å²) in [5.41, 5.74) is 0.703. The second kappa shape index (κ2) is 38.7. The minimum atomic E-state index is -5.56. The van der Waals surface area contributed by atoms with Gasteiger partial charge in [0, 0.05) is 41.6 Å². The number of phenolic OH excluding ortho intramolecular Hbond substituents is 3. The van der Waals surface area contributed by atoms with E-state index in [0.717, 1.165) is 84.9 Å². The maximum absolute atomic E-state index is 16.3. The molecule has 9 amide bonds. The summed E-state index contributed by atoms with van der Waals surface area (Å²) in [5, 5.41) is 113. The Morgan fingerprint density at radius 1 is 0.686 bits per heavy atom. The van der Waals surface area contributed by atoms with Gasteiger partial charge < -0.3 is 132 Å². The van der Waals surface area contributed by atoms with Crippen molar-refractivity contribution in [3.8, 4) is 57.1 Å². The number of halogens is 5. The number of nitrogens with one attached hydrogen (secondary N) is 8. The number of fused-ring (bicyclic) bond motifs is 15. The number of carbonyl (C=O) groups is 11. The lowest BCUT2D eigenvalue weighted by atomic mass is 9.85. The lowest BCUT2D eigenvalue weighted by Gasteiger charge is -2.48. The Balaban J connectivity index is 1.24. The Morgan fingerprint density at radius 3 is 1.89 bits per heavy atom. The van der Waals surface area contributed by atoms with E-state index < -0.39 is 297 Å². The number of hydrogen-bond acceptors (Lipinski definition) is 28. The monoisotopic (exact) mass is 1740 g/mol. The van der Waals surface area contributed by atoms with Gasteiger partial charge in [0.2, 0.25) is 53.4 Å². The summed E-state index contributed by atoms with van der Waals surface area (Å²) in [5.74, 6) is -22.4. The quantitative estimate of drug-likeness (QED) is 0.0268. The molecular formula is C79H86Cl2F3N9O28. The van der Waals surface area contributed by atoms with E-state index in [1.54, 1.807) is 19.2 Å². The largest absolute Gasteiger partial charge is 0.508 e. The Bertz CT molecular complexity index is 4870. The third kappa shape index (κ3) is 21.5. The summed E-state index contributed by atoms with van der Waals surface area (Å²) in [4.78, 5) is 159. The second-order valence-corrected chi connectivity index (χ2v) is 30.1. The Labute approximate surface area is 695 Å². The van der Waals surface area contributed by atoms with Gasteiger partial charge in [0.25, 0.3) is 0 Å². The molecule has 0 aromatic heterocycles. The normalized spacial score (nSPS) is 26.3. The summed E-state index contributed by atoms with van der Waals surface area (Å²) in [6.07, 6.45) is -26.3. The Hall–Kier alpha value is -11.9. The summed E-state index contributed by atoms with van der Waals surface area (Å²) in [6.45, 7) is 14.2. The summed E-state index contributed by atoms with van der Waals surface area (Å²) < 4.78 is 96.1. The van der Waals surface area contributed by atoms with Crippen LogP contribution in [0.3, 0.4) is 0 Å². The molecule has 7 heterocycles. The van der Waals surface area contributed by atoms with Crippen LogP contribution in [0.1, 0.15) is 112 Å². The fourth-order valence-corrected chi connectivity index (χ4v) is 14.4. The van der Waals surface area contributed by atoms with E-state index in [0.29, 0.717) is 0 Å². The zero-order chi connectivity index (χ0) is 88.5. The predicted molar refractivity (Wildman–Crippen MR) is 412 cm³/mol. The average molecular weight is 1740 g/mol. The zero-order valence-electron chi connectivity index (χ0n) is 64.6. The first-order valence-corrected chi connectivity index (χ1v) is 38.0. The van der Waals surface area contributed by atoms with E-state index in [2.05, 4.69) is 57.0 Å². The van der Waals surface area contributed by atoms with Crippen LogP contribution in [-0.2, 0) is 76.4 Å². The van der Waals surface area contributed by atoms with E-state index in [9.17, 15) is 82.8 Å². The molecule has 11 bridgehead atoms. The minimum Gasteiger partial charge on any atom is -0.508 e. The number of aliphatic hydroxyl groups is 5. The van der Waals surface area contributed by atoms with Gasteiger partial charge in [0.15, 0.2) is 29.9 Å². The number of alkyl carbamates (subject to hydrolysis) is 1. The lowest BCUT2D eigenvalue weighted by molar-refractivity contribution is -0.331. The zero-order valence-corrected chi connectivity index (χ0v) is 66.1. The molecule has 10 unspecified atom stereocenters. The topological polar surface area (TPSA) is 555 Å². The number of primary amides is 1. The van der Waals surface area contributed by atoms with Crippen molar-refractivity contribution in [1.29, 1.82) is 0 Å². The van der Waals surface area contributed by atoms with Gasteiger partial charge in [-0.3, -0.25) is 43.2 Å². The number of nitrogens with two attached hydrogens (primary N) is 1. The van der Waals surface area contributed by atoms with Gasteiger partial charge in [0.05, 0.1) is 34.5 Å². The number of esters is 2. The number of rotatable bonds is 22. The number of aromatic hydroxyl groups is 3. The van der Waals surface area contributed by atoms with E-state index in [1.807, 2.05) is 0 Å².